The quantitative estimate of drug-likeness (QED) is 0.722. The van der Waals surface area contributed by atoms with Crippen LogP contribution >= 0.6 is 0 Å². The van der Waals surface area contributed by atoms with E-state index in [0.29, 0.717) is 25.6 Å². The highest BCUT2D eigenvalue weighted by Gasteiger charge is 2.32. The molecule has 1 saturated heterocycles. The highest BCUT2D eigenvalue weighted by atomic mass is 16.5. The molecule has 1 aliphatic heterocycles. The number of amides is 1. The van der Waals surface area contributed by atoms with E-state index in [9.17, 15) is 9.59 Å². The molecule has 0 spiro atoms. The number of nitrogens with one attached hydrogen (secondary N) is 1. The molecule has 31 heavy (non-hydrogen) atoms. The normalized spacial score (nSPS) is 20.5. The summed E-state index contributed by atoms with van der Waals surface area (Å²) in [5.74, 6) is 0.174. The summed E-state index contributed by atoms with van der Waals surface area (Å²) in [7, 11) is 3.27. The lowest BCUT2D eigenvalue weighted by Crippen LogP contribution is -2.55. The van der Waals surface area contributed by atoms with E-state index in [1.165, 1.54) is 44.8 Å². The van der Waals surface area contributed by atoms with Crippen molar-refractivity contribution in [1.82, 2.24) is 20.0 Å². The van der Waals surface area contributed by atoms with Crippen LogP contribution in [-0.2, 0) is 27.9 Å². The molecule has 166 valence electrons. The van der Waals surface area contributed by atoms with Gasteiger partial charge in [0.15, 0.2) is 0 Å². The summed E-state index contributed by atoms with van der Waals surface area (Å²) in [6.07, 6.45) is 8.64. The monoisotopic (exact) mass is 424 g/mol. The first kappa shape index (κ1) is 21.6. The molecule has 2 heterocycles. The number of rotatable bonds is 6. The van der Waals surface area contributed by atoms with E-state index >= 15 is 0 Å². The first-order valence-corrected chi connectivity index (χ1v) is 11.3. The Bertz CT molecular complexity index is 915. The molecule has 1 aromatic carbocycles. The lowest BCUT2D eigenvalue weighted by molar-refractivity contribution is -0.146. The van der Waals surface area contributed by atoms with E-state index < -0.39 is 6.04 Å². The topological polar surface area (TPSA) is 76.5 Å². The second-order valence-electron chi connectivity index (χ2n) is 8.69. The molecule has 7 nitrogen and oxygen atoms in total. The van der Waals surface area contributed by atoms with Gasteiger partial charge in [0.2, 0.25) is 5.91 Å². The molecule has 1 amide bonds. The number of aromatic nitrogens is 2. The highest BCUT2D eigenvalue weighted by Crippen LogP contribution is 2.34. The average Bonchev–Trinajstić information content (AvgIpc) is 3.16. The zero-order chi connectivity index (χ0) is 21.8. The zero-order valence-electron chi connectivity index (χ0n) is 18.5. The molecule has 2 fully saturated rings. The standard InChI is InChI=1S/C24H32N4O3/c1-27-15-20(16-28-13-12-25-24(30)21(28)14-22(29)31-2)23(26-27)19-10-8-18(9-11-19)17-6-4-3-5-7-17/h8-11,15,17,21H,3-7,12-14,16H2,1-2H3,(H,25,30)/t21-/m0/s1. The van der Waals surface area contributed by atoms with Crippen LogP contribution in [-0.4, -0.2) is 52.8 Å². The molecule has 1 atom stereocenters. The van der Waals surface area contributed by atoms with Crippen molar-refractivity contribution in [3.63, 3.8) is 0 Å². The Kier molecular flexibility index (Phi) is 6.70. The van der Waals surface area contributed by atoms with Crippen molar-refractivity contribution >= 4 is 11.9 Å². The molecule has 1 saturated carbocycles. The molecular formula is C24H32N4O3. The number of ether oxygens (including phenoxy) is 1. The third-order valence-electron chi connectivity index (χ3n) is 6.57. The fourth-order valence-corrected chi connectivity index (χ4v) is 4.88. The van der Waals surface area contributed by atoms with Gasteiger partial charge in [-0.15, -0.1) is 0 Å². The summed E-state index contributed by atoms with van der Waals surface area (Å²) in [6, 6.07) is 8.31. The second-order valence-corrected chi connectivity index (χ2v) is 8.69. The number of nitrogens with zero attached hydrogens (tertiary/aromatic N) is 3. The minimum atomic E-state index is -0.525. The molecule has 2 aromatic rings. The molecule has 0 unspecified atom stereocenters. The lowest BCUT2D eigenvalue weighted by atomic mass is 9.84. The number of carbonyl (C=O) groups excluding carboxylic acids is 2. The smallest absolute Gasteiger partial charge is 0.307 e. The van der Waals surface area contributed by atoms with Crippen LogP contribution in [0.4, 0.5) is 0 Å². The van der Waals surface area contributed by atoms with Crippen LogP contribution in [0.2, 0.25) is 0 Å². The summed E-state index contributed by atoms with van der Waals surface area (Å²) in [4.78, 5) is 26.3. The summed E-state index contributed by atoms with van der Waals surface area (Å²) in [5, 5.41) is 7.56. The van der Waals surface area contributed by atoms with Crippen molar-refractivity contribution in [2.24, 2.45) is 7.05 Å². The number of carbonyl (C=O) groups is 2. The number of methoxy groups -OCH3 is 1. The fourth-order valence-electron chi connectivity index (χ4n) is 4.88. The molecule has 0 radical (unpaired) electrons. The molecule has 4 rings (SSSR count). The maximum Gasteiger partial charge on any atom is 0.307 e. The fraction of sp³-hybridized carbons (Fsp3) is 0.542. The van der Waals surface area contributed by atoms with E-state index in [-0.39, 0.29) is 18.3 Å². The third kappa shape index (κ3) is 4.98. The van der Waals surface area contributed by atoms with Gasteiger partial charge < -0.3 is 10.1 Å². The highest BCUT2D eigenvalue weighted by molar-refractivity contribution is 5.87. The Hall–Kier alpha value is -2.67. The van der Waals surface area contributed by atoms with Crippen molar-refractivity contribution in [3.05, 3.63) is 41.6 Å². The van der Waals surface area contributed by atoms with E-state index in [1.807, 2.05) is 22.8 Å². The minimum Gasteiger partial charge on any atom is -0.469 e. The number of benzene rings is 1. The Morgan fingerprint density at radius 1 is 1.19 bits per heavy atom. The van der Waals surface area contributed by atoms with E-state index in [1.54, 1.807) is 0 Å². The molecule has 1 aromatic heterocycles. The largest absolute Gasteiger partial charge is 0.469 e. The van der Waals surface area contributed by atoms with Gasteiger partial charge in [0.25, 0.3) is 0 Å². The second kappa shape index (κ2) is 9.64. The first-order chi connectivity index (χ1) is 15.0. The maximum atomic E-state index is 12.4. The molecule has 7 heteroatoms. The maximum absolute atomic E-state index is 12.4. The average molecular weight is 425 g/mol. The van der Waals surface area contributed by atoms with E-state index in [4.69, 9.17) is 9.84 Å². The molecule has 1 N–H and O–H groups in total. The zero-order valence-corrected chi connectivity index (χ0v) is 18.5. The van der Waals surface area contributed by atoms with Gasteiger partial charge in [-0.1, -0.05) is 43.5 Å². The predicted octanol–water partition coefficient (Wildman–Crippen LogP) is 3.00. The van der Waals surface area contributed by atoms with Gasteiger partial charge in [-0.2, -0.15) is 5.10 Å². The minimum absolute atomic E-state index is 0.0496. The van der Waals surface area contributed by atoms with Crippen LogP contribution in [0.25, 0.3) is 11.3 Å². The van der Waals surface area contributed by atoms with Gasteiger partial charge >= 0.3 is 5.97 Å². The van der Waals surface area contributed by atoms with Crippen LogP contribution in [0.3, 0.4) is 0 Å². The molecule has 2 aliphatic rings. The van der Waals surface area contributed by atoms with Gasteiger partial charge in [0.05, 0.1) is 19.2 Å². The SMILES string of the molecule is COC(=O)C[C@H]1C(=O)NCCN1Cc1cn(C)nc1-c1ccc(C2CCCCC2)cc1. The first-order valence-electron chi connectivity index (χ1n) is 11.3. The van der Waals surface area contributed by atoms with Gasteiger partial charge in [-0.25, -0.2) is 0 Å². The van der Waals surface area contributed by atoms with Gasteiger partial charge in [-0.05, 0) is 24.3 Å². The van der Waals surface area contributed by atoms with Crippen LogP contribution in [0.1, 0.15) is 55.6 Å². The molecule has 0 bridgehead atoms. The number of esters is 1. The van der Waals surface area contributed by atoms with Crippen molar-refractivity contribution in [3.8, 4) is 11.3 Å². The number of hydrogen-bond acceptors (Lipinski definition) is 5. The summed E-state index contributed by atoms with van der Waals surface area (Å²) in [5.41, 5.74) is 4.49. The molecular weight excluding hydrogens is 392 g/mol. The predicted molar refractivity (Wildman–Crippen MR) is 118 cm³/mol. The van der Waals surface area contributed by atoms with E-state index in [0.717, 1.165) is 16.8 Å². The van der Waals surface area contributed by atoms with Crippen molar-refractivity contribution in [2.45, 2.75) is 57.0 Å². The van der Waals surface area contributed by atoms with Crippen LogP contribution in [0.15, 0.2) is 30.5 Å². The van der Waals surface area contributed by atoms with Gasteiger partial charge in [0.1, 0.15) is 6.04 Å². The number of hydrogen-bond donors (Lipinski definition) is 1. The van der Waals surface area contributed by atoms with Crippen LogP contribution in [0, 0.1) is 0 Å². The van der Waals surface area contributed by atoms with Crippen molar-refractivity contribution in [1.29, 1.82) is 0 Å². The molecule has 1 aliphatic carbocycles. The Morgan fingerprint density at radius 2 is 1.94 bits per heavy atom. The number of piperazine rings is 1. The third-order valence-corrected chi connectivity index (χ3v) is 6.57. The summed E-state index contributed by atoms with van der Waals surface area (Å²) in [6.45, 7) is 1.81. The number of aryl methyl sites for hydroxylation is 1. The van der Waals surface area contributed by atoms with E-state index in [2.05, 4.69) is 29.6 Å². The van der Waals surface area contributed by atoms with Gasteiger partial charge in [0, 0.05) is 44.0 Å². The van der Waals surface area contributed by atoms with Crippen molar-refractivity contribution < 1.29 is 14.3 Å². The Balaban J connectivity index is 1.54. The Morgan fingerprint density at radius 3 is 2.65 bits per heavy atom. The van der Waals surface area contributed by atoms with Crippen LogP contribution in [0.5, 0.6) is 0 Å². The van der Waals surface area contributed by atoms with Gasteiger partial charge in [-0.3, -0.25) is 19.2 Å². The summed E-state index contributed by atoms with van der Waals surface area (Å²) >= 11 is 0. The van der Waals surface area contributed by atoms with Crippen LogP contribution < -0.4 is 5.32 Å². The van der Waals surface area contributed by atoms with Crippen molar-refractivity contribution in [2.75, 3.05) is 20.2 Å². The lowest BCUT2D eigenvalue weighted by Gasteiger charge is -2.34. The Labute approximate surface area is 183 Å². The summed E-state index contributed by atoms with van der Waals surface area (Å²) < 4.78 is 6.61.